The Morgan fingerprint density at radius 3 is 2.68 bits per heavy atom. The van der Waals surface area contributed by atoms with Gasteiger partial charge in [-0.1, -0.05) is 18.1 Å². The molecule has 0 aromatic heterocycles. The van der Waals surface area contributed by atoms with Crippen LogP contribution in [-0.2, 0) is 14.3 Å². The molecule has 1 heterocycles. The van der Waals surface area contributed by atoms with Crippen LogP contribution in [0.25, 0.3) is 0 Å². The van der Waals surface area contributed by atoms with Gasteiger partial charge in [0.1, 0.15) is 11.7 Å². The van der Waals surface area contributed by atoms with Crippen LogP contribution in [0.4, 0.5) is 11.4 Å². The first kappa shape index (κ1) is 18.4. The van der Waals surface area contributed by atoms with Gasteiger partial charge >= 0.3 is 5.97 Å². The molecule has 1 saturated heterocycles. The number of nitrogens with zero attached hydrogens (tertiary/aromatic N) is 2. The molecule has 8 nitrogen and oxygen atoms in total. The SMILES string of the molecule is C#CCOC(=O)C[C@@H](C(=O)Nc1ccccc1[N+](=O)[O-])N1CCCC1. The number of esters is 1. The molecule has 1 aliphatic heterocycles. The van der Waals surface area contributed by atoms with Gasteiger partial charge in [0, 0.05) is 6.07 Å². The highest BCUT2D eigenvalue weighted by atomic mass is 16.6. The van der Waals surface area contributed by atoms with E-state index in [1.807, 2.05) is 4.90 Å². The summed E-state index contributed by atoms with van der Waals surface area (Å²) in [6.45, 7) is 1.20. The lowest BCUT2D eigenvalue weighted by atomic mass is 10.1. The number of ether oxygens (including phenoxy) is 1. The highest BCUT2D eigenvalue weighted by Gasteiger charge is 2.31. The van der Waals surface area contributed by atoms with Gasteiger partial charge in [-0.05, 0) is 32.0 Å². The highest BCUT2D eigenvalue weighted by Crippen LogP contribution is 2.24. The molecule has 25 heavy (non-hydrogen) atoms. The number of likely N-dealkylation sites (tertiary alicyclic amines) is 1. The highest BCUT2D eigenvalue weighted by molar-refractivity contribution is 5.98. The third-order valence-corrected chi connectivity index (χ3v) is 3.92. The number of amides is 1. The van der Waals surface area contributed by atoms with Crippen LogP contribution in [0.5, 0.6) is 0 Å². The van der Waals surface area contributed by atoms with E-state index in [1.165, 1.54) is 18.2 Å². The smallest absolute Gasteiger partial charge is 0.308 e. The number of nitrogens with one attached hydrogen (secondary N) is 1. The molecule has 1 atom stereocenters. The Bertz CT molecular complexity index is 692. The van der Waals surface area contributed by atoms with Crippen LogP contribution in [0.15, 0.2) is 24.3 Å². The Labute approximate surface area is 145 Å². The molecule has 1 aliphatic rings. The minimum absolute atomic E-state index is 0.0960. The second-order valence-electron chi connectivity index (χ2n) is 5.59. The lowest BCUT2D eigenvalue weighted by Gasteiger charge is -2.25. The maximum absolute atomic E-state index is 12.7. The summed E-state index contributed by atoms with van der Waals surface area (Å²) in [4.78, 5) is 36.9. The van der Waals surface area contributed by atoms with Gasteiger partial charge in [0.05, 0.1) is 11.3 Å². The maximum Gasteiger partial charge on any atom is 0.308 e. The van der Waals surface area contributed by atoms with Crippen molar-refractivity contribution in [2.45, 2.75) is 25.3 Å². The molecule has 0 aliphatic carbocycles. The Morgan fingerprint density at radius 1 is 1.36 bits per heavy atom. The average Bonchev–Trinajstić information content (AvgIpc) is 3.12. The van der Waals surface area contributed by atoms with Crippen LogP contribution in [0.2, 0.25) is 0 Å². The Kier molecular flexibility index (Phi) is 6.48. The van der Waals surface area contributed by atoms with Crippen LogP contribution >= 0.6 is 0 Å². The van der Waals surface area contributed by atoms with Crippen LogP contribution in [-0.4, -0.2) is 47.4 Å². The lowest BCUT2D eigenvalue weighted by Crippen LogP contribution is -2.44. The third-order valence-electron chi connectivity index (χ3n) is 3.92. The second-order valence-corrected chi connectivity index (χ2v) is 5.59. The number of benzene rings is 1. The molecular formula is C17H19N3O5. The van der Waals surface area contributed by atoms with Crippen molar-refractivity contribution >= 4 is 23.3 Å². The van der Waals surface area contributed by atoms with Crippen LogP contribution in [0.3, 0.4) is 0 Å². The number of nitro groups is 1. The van der Waals surface area contributed by atoms with Crippen LogP contribution < -0.4 is 5.32 Å². The van der Waals surface area contributed by atoms with Gasteiger partial charge < -0.3 is 10.1 Å². The number of rotatable bonds is 7. The minimum Gasteiger partial charge on any atom is -0.452 e. The standard InChI is InChI=1S/C17H19N3O5/c1-2-11-25-16(21)12-15(19-9-5-6-10-19)17(22)18-13-7-3-4-8-14(13)20(23)24/h1,3-4,7-8,15H,5-6,9-12H2,(H,18,22)/t15-/m0/s1. The van der Waals surface area contributed by atoms with E-state index in [9.17, 15) is 19.7 Å². The number of carbonyl (C=O) groups is 2. The van der Waals surface area contributed by atoms with Crippen molar-refractivity contribution < 1.29 is 19.2 Å². The fraction of sp³-hybridized carbons (Fsp3) is 0.412. The topological polar surface area (TPSA) is 102 Å². The van der Waals surface area contributed by atoms with Crippen LogP contribution in [0.1, 0.15) is 19.3 Å². The Balaban J connectivity index is 2.14. The Hall–Kier alpha value is -2.92. The summed E-state index contributed by atoms with van der Waals surface area (Å²) < 4.78 is 4.85. The monoisotopic (exact) mass is 345 g/mol. The predicted molar refractivity (Wildman–Crippen MR) is 90.7 cm³/mol. The van der Waals surface area contributed by atoms with Gasteiger partial charge in [0.2, 0.25) is 5.91 Å². The van der Waals surface area contributed by atoms with E-state index in [0.29, 0.717) is 13.1 Å². The van der Waals surface area contributed by atoms with E-state index in [4.69, 9.17) is 11.2 Å². The normalized spacial score (nSPS) is 15.2. The second kappa shape index (κ2) is 8.80. The first-order valence-electron chi connectivity index (χ1n) is 7.90. The summed E-state index contributed by atoms with van der Waals surface area (Å²) in [5.41, 5.74) is -0.107. The number of carbonyl (C=O) groups excluding carboxylic acids is 2. The van der Waals surface area contributed by atoms with Crippen molar-refractivity contribution in [2.24, 2.45) is 0 Å². The molecule has 1 fully saturated rings. The van der Waals surface area contributed by atoms with Crippen molar-refractivity contribution in [3.8, 4) is 12.3 Å². The van der Waals surface area contributed by atoms with Crippen molar-refractivity contribution in [2.75, 3.05) is 25.0 Å². The van der Waals surface area contributed by atoms with Crippen molar-refractivity contribution in [3.63, 3.8) is 0 Å². The number of terminal acetylenes is 1. The zero-order valence-corrected chi connectivity index (χ0v) is 13.6. The molecule has 1 amide bonds. The molecule has 0 radical (unpaired) electrons. The van der Waals surface area contributed by atoms with Gasteiger partial charge in [-0.25, -0.2) is 0 Å². The number of para-hydroxylation sites is 2. The van der Waals surface area contributed by atoms with Crippen molar-refractivity contribution in [3.05, 3.63) is 34.4 Å². The quantitative estimate of drug-likeness (QED) is 0.348. The zero-order valence-electron chi connectivity index (χ0n) is 13.6. The summed E-state index contributed by atoms with van der Waals surface area (Å²) in [7, 11) is 0. The molecule has 8 heteroatoms. The number of hydrogen-bond acceptors (Lipinski definition) is 6. The molecule has 132 valence electrons. The minimum atomic E-state index is -0.757. The zero-order chi connectivity index (χ0) is 18.2. The number of anilines is 1. The molecule has 2 rings (SSSR count). The summed E-state index contributed by atoms with van der Waals surface area (Å²) >= 11 is 0. The first-order chi connectivity index (χ1) is 12.0. The van der Waals surface area contributed by atoms with Crippen molar-refractivity contribution in [1.82, 2.24) is 4.90 Å². The van der Waals surface area contributed by atoms with Gasteiger partial charge in [-0.3, -0.25) is 24.6 Å². The van der Waals surface area contributed by atoms with Crippen LogP contribution in [0, 0.1) is 22.5 Å². The molecule has 1 N–H and O–H groups in total. The summed E-state index contributed by atoms with van der Waals surface area (Å²) in [5.74, 6) is 1.14. The third kappa shape index (κ3) is 5.02. The van der Waals surface area contributed by atoms with Gasteiger partial charge in [-0.2, -0.15) is 0 Å². The van der Waals surface area contributed by atoms with Gasteiger partial charge in [-0.15, -0.1) is 6.42 Å². The van der Waals surface area contributed by atoms with E-state index in [2.05, 4.69) is 11.2 Å². The average molecular weight is 345 g/mol. The van der Waals surface area contributed by atoms with Gasteiger partial charge in [0.15, 0.2) is 6.61 Å². The number of nitro benzene ring substituents is 1. The molecule has 0 saturated carbocycles. The fourth-order valence-corrected chi connectivity index (χ4v) is 2.73. The summed E-state index contributed by atoms with van der Waals surface area (Å²) in [6.07, 6.45) is 6.75. The largest absolute Gasteiger partial charge is 0.452 e. The van der Waals surface area contributed by atoms with E-state index in [-0.39, 0.29) is 24.4 Å². The fourth-order valence-electron chi connectivity index (χ4n) is 2.73. The molecular weight excluding hydrogens is 326 g/mol. The summed E-state index contributed by atoms with van der Waals surface area (Å²) in [5, 5.41) is 13.6. The Morgan fingerprint density at radius 2 is 2.04 bits per heavy atom. The maximum atomic E-state index is 12.7. The molecule has 1 aromatic carbocycles. The molecule has 0 unspecified atom stereocenters. The lowest BCUT2D eigenvalue weighted by molar-refractivity contribution is -0.383. The van der Waals surface area contributed by atoms with E-state index in [0.717, 1.165) is 12.8 Å². The van der Waals surface area contributed by atoms with Gasteiger partial charge in [0.25, 0.3) is 5.69 Å². The van der Waals surface area contributed by atoms with E-state index < -0.39 is 22.8 Å². The molecule has 0 bridgehead atoms. The van der Waals surface area contributed by atoms with E-state index >= 15 is 0 Å². The predicted octanol–water partition coefficient (Wildman–Crippen LogP) is 1.56. The van der Waals surface area contributed by atoms with E-state index in [1.54, 1.807) is 6.07 Å². The first-order valence-corrected chi connectivity index (χ1v) is 7.90. The molecule has 0 spiro atoms. The molecule has 1 aromatic rings. The summed E-state index contributed by atoms with van der Waals surface area (Å²) in [6, 6.07) is 5.11. The number of hydrogen-bond donors (Lipinski definition) is 1. The van der Waals surface area contributed by atoms with Crippen molar-refractivity contribution in [1.29, 1.82) is 0 Å².